The number of nitrogens with two attached hydrogens (primary N) is 1. The molecule has 0 unspecified atom stereocenters. The number of nitrogens with one attached hydrogen (secondary N) is 1. The summed E-state index contributed by atoms with van der Waals surface area (Å²) < 4.78 is 23.7. The fraction of sp³-hybridized carbons (Fsp3) is 0.533. The predicted molar refractivity (Wildman–Crippen MR) is 85.7 cm³/mol. The van der Waals surface area contributed by atoms with Crippen molar-refractivity contribution in [3.8, 4) is 0 Å². The van der Waals surface area contributed by atoms with Crippen LogP contribution in [-0.2, 0) is 10.2 Å². The first-order valence-electron chi connectivity index (χ1n) is 7.46. The fourth-order valence-corrected chi connectivity index (χ4v) is 3.26. The number of hydrogen-bond donors (Lipinski definition) is 2. The van der Waals surface area contributed by atoms with Gasteiger partial charge in [0.1, 0.15) is 0 Å². The second kappa shape index (κ2) is 6.76. The molecule has 0 spiro atoms. The summed E-state index contributed by atoms with van der Waals surface area (Å²) >= 11 is 0. The second-order valence-electron chi connectivity index (χ2n) is 5.97. The first-order valence-corrected chi connectivity index (χ1v) is 8.96. The highest BCUT2D eigenvalue weighted by Crippen LogP contribution is 2.16. The van der Waals surface area contributed by atoms with E-state index in [2.05, 4.69) is 19.2 Å². The van der Waals surface area contributed by atoms with Gasteiger partial charge in [0.2, 0.25) is 0 Å². The van der Waals surface area contributed by atoms with E-state index >= 15 is 0 Å². The number of carbonyl (C=O) groups is 1. The number of hydrogen-bond acceptors (Lipinski definition) is 3. The van der Waals surface area contributed by atoms with Gasteiger partial charge in [-0.05, 0) is 36.5 Å². The molecule has 1 aromatic carbocycles. The van der Waals surface area contributed by atoms with Gasteiger partial charge in [-0.1, -0.05) is 26.0 Å². The van der Waals surface area contributed by atoms with Gasteiger partial charge in [0, 0.05) is 24.7 Å². The van der Waals surface area contributed by atoms with Gasteiger partial charge in [-0.15, -0.1) is 0 Å². The summed E-state index contributed by atoms with van der Waals surface area (Å²) in [5.41, 5.74) is 1.82. The first-order chi connectivity index (χ1) is 10.3. The van der Waals surface area contributed by atoms with Gasteiger partial charge in [0.15, 0.2) is 0 Å². The van der Waals surface area contributed by atoms with Crippen molar-refractivity contribution in [2.24, 2.45) is 5.14 Å². The molecule has 3 N–H and O–H groups in total. The lowest BCUT2D eigenvalue weighted by Crippen LogP contribution is -2.48. The van der Waals surface area contributed by atoms with Crippen LogP contribution in [0.25, 0.3) is 0 Å². The van der Waals surface area contributed by atoms with E-state index in [1.54, 1.807) is 0 Å². The van der Waals surface area contributed by atoms with Crippen LogP contribution in [0.4, 0.5) is 0 Å². The summed E-state index contributed by atoms with van der Waals surface area (Å²) in [6.07, 6.45) is 1.15. The molecule has 1 fully saturated rings. The minimum Gasteiger partial charge on any atom is -0.349 e. The fourth-order valence-electron chi connectivity index (χ4n) is 2.54. The molecule has 1 aliphatic rings. The summed E-state index contributed by atoms with van der Waals surface area (Å²) in [5.74, 6) is 0.309. The molecule has 6 nitrogen and oxygen atoms in total. The lowest BCUT2D eigenvalue weighted by atomic mass is 10.0. The minimum absolute atomic E-state index is 0.0183. The Morgan fingerprint density at radius 3 is 2.23 bits per heavy atom. The Labute approximate surface area is 131 Å². The van der Waals surface area contributed by atoms with E-state index in [0.29, 0.717) is 37.4 Å². The van der Waals surface area contributed by atoms with Crippen molar-refractivity contribution in [1.29, 1.82) is 0 Å². The number of piperidine rings is 1. The largest absolute Gasteiger partial charge is 0.349 e. The lowest BCUT2D eigenvalue weighted by molar-refractivity contribution is 0.0924. The van der Waals surface area contributed by atoms with Crippen LogP contribution in [0, 0.1) is 0 Å². The highest BCUT2D eigenvalue weighted by molar-refractivity contribution is 7.86. The van der Waals surface area contributed by atoms with Gasteiger partial charge in [-0.25, -0.2) is 5.14 Å². The summed E-state index contributed by atoms with van der Waals surface area (Å²) in [6.45, 7) is 4.90. The van der Waals surface area contributed by atoms with Crippen LogP contribution >= 0.6 is 0 Å². The number of carbonyl (C=O) groups excluding carboxylic acids is 1. The maximum atomic E-state index is 12.2. The molecule has 0 atom stereocenters. The van der Waals surface area contributed by atoms with Crippen LogP contribution in [0.15, 0.2) is 24.3 Å². The molecule has 0 aliphatic carbocycles. The van der Waals surface area contributed by atoms with Crippen molar-refractivity contribution in [1.82, 2.24) is 9.62 Å². The van der Waals surface area contributed by atoms with Crippen molar-refractivity contribution in [2.45, 2.75) is 38.6 Å². The van der Waals surface area contributed by atoms with E-state index in [9.17, 15) is 13.2 Å². The van der Waals surface area contributed by atoms with E-state index in [-0.39, 0.29) is 11.9 Å². The third-order valence-corrected chi connectivity index (χ3v) is 5.07. The van der Waals surface area contributed by atoms with Gasteiger partial charge in [0.25, 0.3) is 16.1 Å². The third kappa shape index (κ3) is 4.28. The molecular weight excluding hydrogens is 302 g/mol. The SMILES string of the molecule is CC(C)c1ccc(C(=O)NC2CCN(S(N)(=O)=O)CC2)cc1. The highest BCUT2D eigenvalue weighted by Gasteiger charge is 2.26. The van der Waals surface area contributed by atoms with Gasteiger partial charge in [0.05, 0.1) is 0 Å². The zero-order valence-corrected chi connectivity index (χ0v) is 13.8. The average Bonchev–Trinajstić information content (AvgIpc) is 2.47. The van der Waals surface area contributed by atoms with Crippen LogP contribution in [0.5, 0.6) is 0 Å². The van der Waals surface area contributed by atoms with Crippen molar-refractivity contribution in [3.05, 3.63) is 35.4 Å². The maximum Gasteiger partial charge on any atom is 0.276 e. The monoisotopic (exact) mass is 325 g/mol. The molecule has 0 bridgehead atoms. The molecule has 0 saturated carbocycles. The molecule has 1 saturated heterocycles. The van der Waals surface area contributed by atoms with Crippen LogP contribution in [0.1, 0.15) is 48.5 Å². The van der Waals surface area contributed by atoms with E-state index in [1.807, 2.05) is 24.3 Å². The zero-order valence-electron chi connectivity index (χ0n) is 13.0. The summed E-state index contributed by atoms with van der Waals surface area (Å²) in [7, 11) is -3.62. The van der Waals surface area contributed by atoms with Crippen molar-refractivity contribution in [3.63, 3.8) is 0 Å². The standard InChI is InChI=1S/C15H23N3O3S/c1-11(2)12-3-5-13(6-4-12)15(19)17-14-7-9-18(10-8-14)22(16,20)21/h3-6,11,14H,7-10H2,1-2H3,(H,17,19)(H2,16,20,21). The molecule has 2 rings (SSSR count). The smallest absolute Gasteiger partial charge is 0.276 e. The Hall–Kier alpha value is -1.44. The summed E-state index contributed by atoms with van der Waals surface area (Å²) in [4.78, 5) is 12.2. The minimum atomic E-state index is -3.62. The molecule has 1 amide bonds. The summed E-state index contributed by atoms with van der Waals surface area (Å²) in [6, 6.07) is 7.55. The Morgan fingerprint density at radius 2 is 1.77 bits per heavy atom. The Morgan fingerprint density at radius 1 is 1.23 bits per heavy atom. The third-order valence-electron chi connectivity index (χ3n) is 3.99. The number of amides is 1. The van der Waals surface area contributed by atoms with Gasteiger partial charge < -0.3 is 5.32 Å². The molecule has 1 heterocycles. The lowest BCUT2D eigenvalue weighted by Gasteiger charge is -2.30. The average molecular weight is 325 g/mol. The van der Waals surface area contributed by atoms with Crippen LogP contribution in [0.3, 0.4) is 0 Å². The topological polar surface area (TPSA) is 92.5 Å². The molecule has 0 radical (unpaired) electrons. The second-order valence-corrected chi connectivity index (χ2v) is 7.51. The molecule has 1 aromatic rings. The molecule has 1 aliphatic heterocycles. The highest BCUT2D eigenvalue weighted by atomic mass is 32.2. The molecule has 0 aromatic heterocycles. The van der Waals surface area contributed by atoms with Crippen molar-refractivity contribution >= 4 is 16.1 Å². The van der Waals surface area contributed by atoms with Crippen LogP contribution < -0.4 is 10.5 Å². The van der Waals surface area contributed by atoms with Crippen LogP contribution in [0.2, 0.25) is 0 Å². The zero-order chi connectivity index (χ0) is 16.3. The Kier molecular flexibility index (Phi) is 5.20. The molecule has 22 heavy (non-hydrogen) atoms. The molecule has 122 valence electrons. The van der Waals surface area contributed by atoms with Gasteiger partial charge >= 0.3 is 0 Å². The van der Waals surface area contributed by atoms with E-state index < -0.39 is 10.2 Å². The molecule has 7 heteroatoms. The predicted octanol–water partition coefficient (Wildman–Crippen LogP) is 1.21. The van der Waals surface area contributed by atoms with E-state index in [4.69, 9.17) is 5.14 Å². The number of nitrogens with zero attached hydrogens (tertiary/aromatic N) is 1. The van der Waals surface area contributed by atoms with E-state index in [0.717, 1.165) is 0 Å². The number of rotatable bonds is 4. The van der Waals surface area contributed by atoms with E-state index in [1.165, 1.54) is 9.87 Å². The van der Waals surface area contributed by atoms with Crippen molar-refractivity contribution in [2.75, 3.05) is 13.1 Å². The normalized spacial score (nSPS) is 17.6. The maximum absolute atomic E-state index is 12.2. The Bertz CT molecular complexity index is 618. The Balaban J connectivity index is 1.90. The van der Waals surface area contributed by atoms with Crippen LogP contribution in [-0.4, -0.2) is 37.8 Å². The first kappa shape index (κ1) is 16.9. The summed E-state index contributed by atoms with van der Waals surface area (Å²) in [5, 5.41) is 8.05. The number of benzene rings is 1. The van der Waals surface area contributed by atoms with Crippen molar-refractivity contribution < 1.29 is 13.2 Å². The van der Waals surface area contributed by atoms with Gasteiger partial charge in [-0.3, -0.25) is 4.79 Å². The quantitative estimate of drug-likeness (QED) is 0.871. The van der Waals surface area contributed by atoms with Gasteiger partial charge in [-0.2, -0.15) is 12.7 Å². The molecular formula is C15H23N3O3S.